The summed E-state index contributed by atoms with van der Waals surface area (Å²) in [5.74, 6) is 0.453. The smallest absolute Gasteiger partial charge is 0.438 e. The van der Waals surface area contributed by atoms with Crippen molar-refractivity contribution in [3.63, 3.8) is 0 Å². The van der Waals surface area contributed by atoms with Gasteiger partial charge in [0.15, 0.2) is 0 Å². The SMILES string of the molecule is COC(=O)N(OC)C1=CC=CCC=C1COc1ccn(-c2ccc(Cl)cc2)n1. The van der Waals surface area contributed by atoms with Crippen molar-refractivity contribution in [1.29, 1.82) is 0 Å². The van der Waals surface area contributed by atoms with Crippen molar-refractivity contribution in [2.45, 2.75) is 6.42 Å². The first-order valence-electron chi connectivity index (χ1n) is 8.55. The van der Waals surface area contributed by atoms with E-state index in [9.17, 15) is 4.79 Å². The second kappa shape index (κ2) is 9.25. The zero-order valence-corrected chi connectivity index (χ0v) is 16.3. The first kappa shape index (κ1) is 19.7. The molecule has 0 saturated heterocycles. The predicted molar refractivity (Wildman–Crippen MR) is 105 cm³/mol. The zero-order valence-electron chi connectivity index (χ0n) is 15.5. The Kier molecular flexibility index (Phi) is 6.52. The summed E-state index contributed by atoms with van der Waals surface area (Å²) >= 11 is 5.92. The van der Waals surface area contributed by atoms with Gasteiger partial charge < -0.3 is 9.47 Å². The molecular formula is C20H20ClN3O4. The average Bonchev–Trinajstić information content (AvgIpc) is 3.07. The highest BCUT2D eigenvalue weighted by molar-refractivity contribution is 6.30. The molecule has 1 amide bonds. The van der Waals surface area contributed by atoms with Gasteiger partial charge in [-0.05, 0) is 36.8 Å². The van der Waals surface area contributed by atoms with Crippen LogP contribution in [0.15, 0.2) is 72.1 Å². The summed E-state index contributed by atoms with van der Waals surface area (Å²) in [5, 5.41) is 6.15. The lowest BCUT2D eigenvalue weighted by atomic mass is 10.2. The summed E-state index contributed by atoms with van der Waals surface area (Å²) in [6, 6.07) is 9.10. The van der Waals surface area contributed by atoms with Crippen LogP contribution in [0.5, 0.6) is 5.88 Å². The summed E-state index contributed by atoms with van der Waals surface area (Å²) in [6.45, 7) is 0.210. The molecule has 28 heavy (non-hydrogen) atoms. The number of carbonyl (C=O) groups is 1. The molecule has 3 rings (SSSR count). The van der Waals surface area contributed by atoms with Gasteiger partial charge in [0.2, 0.25) is 5.88 Å². The minimum atomic E-state index is -0.623. The van der Waals surface area contributed by atoms with E-state index in [1.807, 2.05) is 30.4 Å². The molecule has 0 N–H and O–H groups in total. The number of benzene rings is 1. The highest BCUT2D eigenvalue weighted by Gasteiger charge is 2.22. The molecule has 0 atom stereocenters. The first-order valence-corrected chi connectivity index (χ1v) is 8.93. The van der Waals surface area contributed by atoms with Gasteiger partial charge in [-0.2, -0.15) is 5.06 Å². The van der Waals surface area contributed by atoms with E-state index >= 15 is 0 Å². The normalized spacial score (nSPS) is 13.4. The molecular weight excluding hydrogens is 382 g/mol. The number of methoxy groups -OCH3 is 1. The Labute approximate surface area is 168 Å². The van der Waals surface area contributed by atoms with Gasteiger partial charge in [-0.3, -0.25) is 4.84 Å². The topological polar surface area (TPSA) is 65.8 Å². The molecule has 0 fully saturated rings. The standard InChI is InChI=1S/C20H20ClN3O4/c1-26-20(25)24(27-2)18-7-5-3-4-6-15(18)14-28-19-12-13-23(22-19)17-10-8-16(21)9-11-17/h3,5-13H,4,14H2,1-2H3. The van der Waals surface area contributed by atoms with Crippen LogP contribution >= 0.6 is 11.6 Å². The summed E-state index contributed by atoms with van der Waals surface area (Å²) in [6.07, 6.45) is 9.43. The molecule has 7 nitrogen and oxygen atoms in total. The van der Waals surface area contributed by atoms with Crippen molar-refractivity contribution < 1.29 is 19.1 Å². The van der Waals surface area contributed by atoms with E-state index in [4.69, 9.17) is 25.9 Å². The van der Waals surface area contributed by atoms with Crippen molar-refractivity contribution >= 4 is 17.7 Å². The Morgan fingerprint density at radius 2 is 2.04 bits per heavy atom. The number of carbonyl (C=O) groups excluding carboxylic acids is 1. The average molecular weight is 402 g/mol. The number of ether oxygens (including phenoxy) is 2. The monoisotopic (exact) mass is 401 g/mol. The lowest BCUT2D eigenvalue weighted by Gasteiger charge is -2.22. The van der Waals surface area contributed by atoms with Crippen LogP contribution < -0.4 is 4.74 Å². The number of rotatable bonds is 6. The summed E-state index contributed by atoms with van der Waals surface area (Å²) in [7, 11) is 2.70. The van der Waals surface area contributed by atoms with Crippen LogP contribution in [0.25, 0.3) is 5.69 Å². The third-order valence-corrected chi connectivity index (χ3v) is 4.24. The van der Waals surface area contributed by atoms with E-state index < -0.39 is 6.09 Å². The molecule has 1 aromatic carbocycles. The van der Waals surface area contributed by atoms with Crippen molar-refractivity contribution in [2.24, 2.45) is 0 Å². The van der Waals surface area contributed by atoms with E-state index in [1.54, 1.807) is 35.2 Å². The summed E-state index contributed by atoms with van der Waals surface area (Å²) < 4.78 is 12.3. The number of amides is 1. The number of hydrogen-bond acceptors (Lipinski definition) is 5. The van der Waals surface area contributed by atoms with Crippen LogP contribution in [0.2, 0.25) is 5.02 Å². The van der Waals surface area contributed by atoms with Gasteiger partial charge in [0, 0.05) is 22.9 Å². The summed E-state index contributed by atoms with van der Waals surface area (Å²) in [5.41, 5.74) is 2.19. The Hall–Kier alpha value is -3.03. The molecule has 2 aromatic rings. The lowest BCUT2D eigenvalue weighted by molar-refractivity contribution is -0.0775. The van der Waals surface area contributed by atoms with E-state index in [-0.39, 0.29) is 6.61 Å². The first-order chi connectivity index (χ1) is 13.6. The van der Waals surface area contributed by atoms with Crippen LogP contribution in [0.1, 0.15) is 6.42 Å². The summed E-state index contributed by atoms with van der Waals surface area (Å²) in [4.78, 5) is 17.2. The van der Waals surface area contributed by atoms with Crippen LogP contribution in [-0.2, 0) is 9.57 Å². The number of hydrogen-bond donors (Lipinski definition) is 0. The minimum Gasteiger partial charge on any atom is -0.472 e. The molecule has 1 aliphatic rings. The fourth-order valence-corrected chi connectivity index (χ4v) is 2.74. The fraction of sp³-hybridized carbons (Fsp3) is 0.200. The third-order valence-electron chi connectivity index (χ3n) is 3.99. The predicted octanol–water partition coefficient (Wildman–Crippen LogP) is 4.30. The lowest BCUT2D eigenvalue weighted by Crippen LogP contribution is -2.31. The number of allylic oxidation sites excluding steroid dienone is 4. The highest BCUT2D eigenvalue weighted by Crippen LogP contribution is 2.22. The quantitative estimate of drug-likeness (QED) is 0.675. The maximum Gasteiger partial charge on any atom is 0.438 e. The van der Waals surface area contributed by atoms with Crippen LogP contribution in [0.4, 0.5) is 4.79 Å². The second-order valence-electron chi connectivity index (χ2n) is 5.76. The van der Waals surface area contributed by atoms with Crippen molar-refractivity contribution in [1.82, 2.24) is 14.8 Å². The van der Waals surface area contributed by atoms with E-state index in [0.717, 1.165) is 16.3 Å². The molecule has 0 radical (unpaired) electrons. The van der Waals surface area contributed by atoms with Gasteiger partial charge >= 0.3 is 6.09 Å². The maximum atomic E-state index is 12.0. The van der Waals surface area contributed by atoms with Gasteiger partial charge in [-0.15, -0.1) is 5.10 Å². The van der Waals surface area contributed by atoms with Gasteiger partial charge in [0.05, 0.1) is 25.6 Å². The van der Waals surface area contributed by atoms with Gasteiger partial charge in [-0.1, -0.05) is 29.8 Å². The molecule has 1 aliphatic carbocycles. The number of hydroxylamine groups is 2. The van der Waals surface area contributed by atoms with Crippen LogP contribution in [-0.4, -0.2) is 41.8 Å². The van der Waals surface area contributed by atoms with E-state index in [1.165, 1.54) is 14.2 Å². The molecule has 8 heteroatoms. The molecule has 1 heterocycles. The number of aromatic nitrogens is 2. The maximum absolute atomic E-state index is 12.0. The van der Waals surface area contributed by atoms with Crippen molar-refractivity contribution in [2.75, 3.05) is 20.8 Å². The molecule has 1 aromatic heterocycles. The number of halogens is 1. The fourth-order valence-electron chi connectivity index (χ4n) is 2.62. The molecule has 0 bridgehead atoms. The van der Waals surface area contributed by atoms with Gasteiger partial charge in [-0.25, -0.2) is 9.48 Å². The van der Waals surface area contributed by atoms with Gasteiger partial charge in [0.25, 0.3) is 0 Å². The van der Waals surface area contributed by atoms with Crippen LogP contribution in [0.3, 0.4) is 0 Å². The Bertz CT molecular complexity index is 916. The third kappa shape index (κ3) is 4.62. The minimum absolute atomic E-state index is 0.210. The zero-order chi connectivity index (χ0) is 19.9. The molecule has 0 spiro atoms. The highest BCUT2D eigenvalue weighted by atomic mass is 35.5. The molecule has 0 unspecified atom stereocenters. The van der Waals surface area contributed by atoms with Gasteiger partial charge in [0.1, 0.15) is 6.61 Å². The van der Waals surface area contributed by atoms with E-state index in [0.29, 0.717) is 23.0 Å². The van der Waals surface area contributed by atoms with Crippen LogP contribution in [0, 0.1) is 0 Å². The Morgan fingerprint density at radius 1 is 1.25 bits per heavy atom. The van der Waals surface area contributed by atoms with E-state index in [2.05, 4.69) is 5.10 Å². The van der Waals surface area contributed by atoms with Crippen molar-refractivity contribution in [3.05, 3.63) is 77.1 Å². The number of nitrogens with zero attached hydrogens (tertiary/aromatic N) is 3. The molecule has 0 aliphatic heterocycles. The molecule has 146 valence electrons. The van der Waals surface area contributed by atoms with Crippen molar-refractivity contribution in [3.8, 4) is 11.6 Å². The Morgan fingerprint density at radius 3 is 2.75 bits per heavy atom. The second-order valence-corrected chi connectivity index (χ2v) is 6.19. The largest absolute Gasteiger partial charge is 0.472 e. The Balaban J connectivity index is 1.73. The molecule has 0 saturated carbocycles.